The molecule has 0 fully saturated rings. The molecule has 2 N–H and O–H groups in total. The Bertz CT molecular complexity index is 2360. The summed E-state index contributed by atoms with van der Waals surface area (Å²) in [6, 6.07) is 49.5. The number of rotatable bonds is 5. The first-order valence-corrected chi connectivity index (χ1v) is 21.6. The molecule has 0 aliphatic heterocycles. The number of aliphatic hydroxyl groups is 1. The molecule has 2 aromatic carbocycles. The Morgan fingerprint density at radius 2 is 0.641 bits per heavy atom. The smallest absolute Gasteiger partial charge is 0.344 e. The summed E-state index contributed by atoms with van der Waals surface area (Å²) in [6.07, 6.45) is 8.81. The second kappa shape index (κ2) is 21.6. The Hall–Kier alpha value is -6.00. The minimum Gasteiger partial charge on any atom is -0.344 e. The topological polar surface area (TPSA) is 113 Å². The van der Waals surface area contributed by atoms with Crippen molar-refractivity contribution in [1.29, 1.82) is 0 Å². The largest absolute Gasteiger partial charge is 2.00 e. The van der Waals surface area contributed by atoms with Crippen LogP contribution in [0.5, 0.6) is 0 Å². The van der Waals surface area contributed by atoms with Crippen molar-refractivity contribution in [2.75, 3.05) is 7.11 Å². The first-order chi connectivity index (χ1) is 29.2. The third-order valence-electron chi connectivity index (χ3n) is 6.94. The van der Waals surface area contributed by atoms with Crippen molar-refractivity contribution >= 4 is 15.6 Å². The molecule has 8 aromatic rings. The quantitative estimate of drug-likeness (QED) is 0.100. The van der Waals surface area contributed by atoms with E-state index in [2.05, 4.69) is 59.2 Å². The van der Waals surface area contributed by atoms with E-state index in [0.29, 0.717) is 0 Å². The van der Waals surface area contributed by atoms with Crippen LogP contribution >= 0.6 is 15.6 Å². The van der Waals surface area contributed by atoms with E-state index in [4.69, 9.17) is 5.11 Å². The van der Waals surface area contributed by atoms with Gasteiger partial charge in [0.1, 0.15) is 0 Å². The summed E-state index contributed by atoms with van der Waals surface area (Å²) >= 11 is 0. The summed E-state index contributed by atoms with van der Waals surface area (Å²) in [4.78, 5) is 29.2. The van der Waals surface area contributed by atoms with Crippen LogP contribution in [-0.4, -0.2) is 47.1 Å². The van der Waals surface area contributed by atoms with Crippen LogP contribution in [0.4, 0.5) is 50.4 Å². The molecular weight excluding hydrogens is 997 g/mol. The molecule has 0 aliphatic rings. The number of H-pyrrole nitrogens is 1. The molecule has 6 heterocycles. The van der Waals surface area contributed by atoms with Crippen LogP contribution in [0.2, 0.25) is 0 Å². The fourth-order valence-corrected chi connectivity index (χ4v) is 4.71. The van der Waals surface area contributed by atoms with Gasteiger partial charge < -0.3 is 10.1 Å². The number of halogens is 12. The van der Waals surface area contributed by atoms with E-state index in [1.807, 2.05) is 127 Å². The Morgan fingerprint density at radius 3 is 0.953 bits per heavy atom. The Labute approximate surface area is 370 Å². The van der Waals surface area contributed by atoms with Gasteiger partial charge in [-0.05, 0) is 60.7 Å². The Kier molecular flexibility index (Phi) is 18.3. The first kappa shape index (κ1) is 54.1. The van der Waals surface area contributed by atoms with Crippen molar-refractivity contribution in [3.05, 3.63) is 183 Å². The van der Waals surface area contributed by atoms with E-state index >= 15 is 0 Å². The third kappa shape index (κ3) is 25.2. The second-order valence-electron chi connectivity index (χ2n) is 12.0. The zero-order valence-corrected chi connectivity index (χ0v) is 36.3. The van der Waals surface area contributed by atoms with Gasteiger partial charge >= 0.3 is 85.5 Å². The molecule has 342 valence electrons. The molecule has 64 heavy (non-hydrogen) atoms. The first-order valence-electron chi connectivity index (χ1n) is 17.6. The van der Waals surface area contributed by atoms with Crippen molar-refractivity contribution in [3.63, 3.8) is 0 Å². The number of aliphatic hydroxyl groups excluding tert-OH is 1. The number of benzene rings is 2. The maximum Gasteiger partial charge on any atom is 2.00 e. The summed E-state index contributed by atoms with van der Waals surface area (Å²) in [5.41, 5.74) is 9.64. The van der Waals surface area contributed by atoms with Crippen LogP contribution in [0.1, 0.15) is 0 Å². The number of aromatic amines is 1. The van der Waals surface area contributed by atoms with Gasteiger partial charge in [-0.3, -0.25) is 19.9 Å². The maximum absolute atomic E-state index is 10.7. The van der Waals surface area contributed by atoms with Gasteiger partial charge in [0.2, 0.25) is 0 Å². The summed E-state index contributed by atoms with van der Waals surface area (Å²) in [6.45, 7) is 0. The van der Waals surface area contributed by atoms with E-state index in [0.717, 1.165) is 63.8 Å². The van der Waals surface area contributed by atoms with Crippen molar-refractivity contribution in [2.24, 2.45) is 0 Å². The van der Waals surface area contributed by atoms with Gasteiger partial charge in [-0.25, -0.2) is 9.97 Å². The van der Waals surface area contributed by atoms with Gasteiger partial charge in [0.15, 0.2) is 0 Å². The minimum absolute atomic E-state index is 0. The second-order valence-corrected chi connectivity index (χ2v) is 15.9. The van der Waals surface area contributed by atoms with Crippen molar-refractivity contribution in [1.82, 2.24) is 34.9 Å². The standard InChI is InChI=1S/C15H11N3.C15H12N2.C10H8N2.CH4O.2F6P.Ru/c1-3-10-16-12(6-1)14-8-5-9-15(18-14)13-7-2-4-11-17-13;1-3-7-12(8-4-1)14-15(17-11-16-14)13-9-5-2-6-10-13;1-3-7-11-9(5-1)10-6-2-4-8-12-10;1-2;2*1-7(2,3,4,5)6;/h1-11H;1-11H,(H,16,17);1-8H;2H,1H3;;;/q;;;;2*-1;+2. The summed E-state index contributed by atoms with van der Waals surface area (Å²) in [7, 11) is -20.3. The van der Waals surface area contributed by atoms with Gasteiger partial charge in [0.25, 0.3) is 0 Å². The molecule has 8 nitrogen and oxygen atoms in total. The number of nitrogens with one attached hydrogen (secondary N) is 1. The molecule has 0 unspecified atom stereocenters. The van der Waals surface area contributed by atoms with Gasteiger partial charge in [-0.2, -0.15) is 0 Å². The van der Waals surface area contributed by atoms with Gasteiger partial charge in [-0.15, -0.1) is 0 Å². The maximum atomic E-state index is 9.87. The zero-order chi connectivity index (χ0) is 46.8. The molecule has 8 rings (SSSR count). The van der Waals surface area contributed by atoms with E-state index in [1.54, 1.807) is 31.1 Å². The molecule has 0 bridgehead atoms. The predicted octanol–water partition coefficient (Wildman–Crippen LogP) is 15.5. The summed E-state index contributed by atoms with van der Waals surface area (Å²) in [5, 5.41) is 7.00. The molecular formula is C41H35F12N7OP2Ru. The van der Waals surface area contributed by atoms with Crippen molar-refractivity contribution in [2.45, 2.75) is 0 Å². The van der Waals surface area contributed by atoms with E-state index < -0.39 is 15.6 Å². The van der Waals surface area contributed by atoms with Crippen LogP contribution in [0.25, 0.3) is 56.7 Å². The molecule has 0 radical (unpaired) electrons. The van der Waals surface area contributed by atoms with Gasteiger partial charge in [0.05, 0.1) is 51.9 Å². The zero-order valence-electron chi connectivity index (χ0n) is 32.7. The molecule has 23 heteroatoms. The molecule has 6 aromatic heterocycles. The number of nitrogens with zero attached hydrogens (tertiary/aromatic N) is 6. The summed E-state index contributed by atoms with van der Waals surface area (Å²) < 4.78 is 118. The van der Waals surface area contributed by atoms with E-state index in [9.17, 15) is 50.4 Å². The van der Waals surface area contributed by atoms with Crippen molar-refractivity contribution in [3.8, 4) is 56.7 Å². The van der Waals surface area contributed by atoms with Crippen LogP contribution in [0, 0.1) is 0 Å². The normalized spacial score (nSPS) is 12.6. The monoisotopic (exact) mass is 1030 g/mol. The molecule has 0 saturated carbocycles. The fraction of sp³-hybridized carbons (Fsp3) is 0.0244. The van der Waals surface area contributed by atoms with E-state index in [-0.39, 0.29) is 19.5 Å². The molecule has 0 saturated heterocycles. The van der Waals surface area contributed by atoms with Gasteiger partial charge in [-0.1, -0.05) is 91.0 Å². The Morgan fingerprint density at radius 1 is 0.359 bits per heavy atom. The average Bonchev–Trinajstić information content (AvgIpc) is 3.75. The van der Waals surface area contributed by atoms with E-state index in [1.165, 1.54) is 0 Å². The SMILES string of the molecule is CO.F[P-](F)(F)(F)(F)F.F[P-](F)(F)(F)(F)F.[Ru+2].c1ccc(-c2cccc(-c3ccccn3)n2)nc1.c1ccc(-c2ccccn2)nc1.c1ccc(-c2nc[nH]c2-c2ccccc2)cc1. The Balaban J connectivity index is 0.000000285. The molecule has 0 atom stereocenters. The number of hydrogen-bond donors (Lipinski definition) is 2. The number of imidazole rings is 1. The third-order valence-corrected chi connectivity index (χ3v) is 6.94. The molecule has 0 aliphatic carbocycles. The number of hydrogen-bond acceptors (Lipinski definition) is 7. The minimum atomic E-state index is -10.7. The van der Waals surface area contributed by atoms with Crippen LogP contribution in [0.3, 0.4) is 0 Å². The number of pyridine rings is 5. The van der Waals surface area contributed by atoms with Crippen LogP contribution in [-0.2, 0) is 19.5 Å². The fourth-order valence-electron chi connectivity index (χ4n) is 4.71. The van der Waals surface area contributed by atoms with Crippen LogP contribution in [0.15, 0.2) is 183 Å². The summed E-state index contributed by atoms with van der Waals surface area (Å²) in [5.74, 6) is 0. The van der Waals surface area contributed by atoms with Crippen molar-refractivity contribution < 1.29 is 74.9 Å². The number of aromatic nitrogens is 7. The molecule has 0 amide bonds. The van der Waals surface area contributed by atoms with Crippen LogP contribution < -0.4 is 0 Å². The average molecular weight is 1030 g/mol. The molecule has 0 spiro atoms. The predicted molar refractivity (Wildman–Crippen MR) is 223 cm³/mol. The van der Waals surface area contributed by atoms with Gasteiger partial charge in [0, 0.05) is 43.0 Å².